The molecule has 0 saturated heterocycles. The zero-order valence-corrected chi connectivity index (χ0v) is 36.6. The van der Waals surface area contributed by atoms with Crippen LogP contribution < -0.4 is 15.9 Å². The molecule has 0 saturated carbocycles. The van der Waals surface area contributed by atoms with E-state index in [1.165, 1.54) is 10.8 Å². The van der Waals surface area contributed by atoms with E-state index in [4.69, 9.17) is 9.97 Å². The molecule has 6 heteroatoms. The Balaban J connectivity index is 1.05. The third-order valence-electron chi connectivity index (χ3n) is 13.1. The minimum atomic E-state index is -3.55. The van der Waals surface area contributed by atoms with Gasteiger partial charge in [-0.05, 0) is 57.9 Å². The van der Waals surface area contributed by atoms with E-state index in [-0.39, 0.29) is 0 Å². The highest BCUT2D eigenvalue weighted by Gasteiger charge is 2.32. The maximum Gasteiger partial charge on any atom is 0.171 e. The lowest BCUT2D eigenvalue weighted by molar-refractivity contribution is 0.592. The third-order valence-corrected chi connectivity index (χ3v) is 16.2. The molecule has 0 radical (unpaired) electrons. The summed E-state index contributed by atoms with van der Waals surface area (Å²) in [7, 11) is -3.55. The van der Waals surface area contributed by atoms with E-state index in [0.29, 0.717) is 0 Å². The van der Waals surface area contributed by atoms with E-state index in [9.17, 15) is 0 Å². The number of rotatable bonds is 7. The molecule has 5 nitrogen and oxygen atoms in total. The summed E-state index contributed by atoms with van der Waals surface area (Å²) in [6, 6.07) is 81.5. The zero-order chi connectivity index (χ0) is 43.8. The van der Waals surface area contributed by atoms with Gasteiger partial charge in [0.2, 0.25) is 0 Å². The van der Waals surface area contributed by atoms with E-state index in [1.807, 2.05) is 66.7 Å². The molecule has 66 heavy (non-hydrogen) atoms. The third kappa shape index (κ3) is 5.77. The molecule has 13 aromatic rings. The van der Waals surface area contributed by atoms with Gasteiger partial charge < -0.3 is 4.57 Å². The normalized spacial score (nSPS) is 12.0. The van der Waals surface area contributed by atoms with Crippen LogP contribution in [0.15, 0.2) is 237 Å². The molecule has 0 fully saturated rings. The van der Waals surface area contributed by atoms with E-state index < -0.39 is 7.14 Å². The van der Waals surface area contributed by atoms with Gasteiger partial charge in [0.1, 0.15) is 11.6 Å². The van der Waals surface area contributed by atoms with Gasteiger partial charge in [-0.25, -0.2) is 9.97 Å². The van der Waals surface area contributed by atoms with Crippen LogP contribution in [0.2, 0.25) is 0 Å². The fraction of sp³-hybridized carbons (Fsp3) is 0. The summed E-state index contributed by atoms with van der Waals surface area (Å²) in [4.78, 5) is 11.0. The predicted octanol–water partition coefficient (Wildman–Crippen LogP) is 14.0. The molecule has 0 amide bonds. The average Bonchev–Trinajstić information content (AvgIpc) is 4.01. The quantitative estimate of drug-likeness (QED) is 0.118. The fourth-order valence-corrected chi connectivity index (χ4v) is 12.9. The van der Waals surface area contributed by atoms with Crippen molar-refractivity contribution < 1.29 is 4.57 Å². The average molecular weight is 863 g/mol. The zero-order valence-electron chi connectivity index (χ0n) is 35.7. The lowest BCUT2D eigenvalue weighted by Crippen LogP contribution is -2.25. The second-order valence-electron chi connectivity index (χ2n) is 16.8. The second kappa shape index (κ2) is 15.1. The molecule has 2 aromatic heterocycles. The van der Waals surface area contributed by atoms with Crippen LogP contribution in [0.25, 0.3) is 99.3 Å². The molecule has 0 atom stereocenters. The van der Waals surface area contributed by atoms with E-state index in [1.54, 1.807) is 0 Å². The molecule has 0 aliphatic rings. The summed E-state index contributed by atoms with van der Waals surface area (Å²) in [5, 5.41) is 11.3. The number of nitrogens with zero attached hydrogens (tertiary/aromatic N) is 4. The van der Waals surface area contributed by atoms with Crippen LogP contribution in [-0.2, 0) is 4.57 Å². The first-order chi connectivity index (χ1) is 32.6. The molecule has 0 N–H and O–H groups in total. The highest BCUT2D eigenvalue weighted by molar-refractivity contribution is 7.85. The van der Waals surface area contributed by atoms with Gasteiger partial charge in [-0.15, -0.1) is 0 Å². The number of hydrogen-bond acceptors (Lipinski definition) is 3. The summed E-state index contributed by atoms with van der Waals surface area (Å²) < 4.78 is 21.2. The maximum absolute atomic E-state index is 16.7. The standard InChI is InChI=1S/C60H39N4OP/c65-66(44-26-8-3-9-27-44,45-28-18-20-40(38-45)59-61-55-51-34-14-10-30-47(51)49-32-12-16-36-53(49)57(55)63(59)42-22-4-1-5-23-42)46-29-19-21-41(39-46)60-62-56-52-35-15-11-31-48(52)50-33-13-17-37-54(50)58(56)64(60)43-24-6-2-7-25-43/h1-39H. The van der Waals surface area contributed by atoms with Gasteiger partial charge in [0, 0.05) is 60.0 Å². The molecule has 0 aliphatic carbocycles. The Morgan fingerprint density at radius 1 is 0.303 bits per heavy atom. The van der Waals surface area contributed by atoms with E-state index >= 15 is 4.57 Å². The van der Waals surface area contributed by atoms with Crippen LogP contribution in [-0.4, -0.2) is 19.1 Å². The van der Waals surface area contributed by atoms with E-state index in [2.05, 4.69) is 179 Å². The Kier molecular flexibility index (Phi) is 8.74. The summed E-state index contributed by atoms with van der Waals surface area (Å²) in [5.74, 6) is 1.56. The first kappa shape index (κ1) is 38.1. The number of para-hydroxylation sites is 2. The largest absolute Gasteiger partial charge is 0.309 e. The van der Waals surface area contributed by atoms with Crippen molar-refractivity contribution in [3.8, 4) is 34.2 Å². The van der Waals surface area contributed by atoms with Crippen LogP contribution in [0.3, 0.4) is 0 Å². The van der Waals surface area contributed by atoms with Crippen LogP contribution in [0.5, 0.6) is 0 Å². The van der Waals surface area contributed by atoms with Crippen molar-refractivity contribution in [2.45, 2.75) is 0 Å². The molecule has 0 unspecified atom stereocenters. The summed E-state index contributed by atoms with van der Waals surface area (Å²) in [6.07, 6.45) is 0. The minimum Gasteiger partial charge on any atom is -0.309 e. The fourth-order valence-electron chi connectivity index (χ4n) is 10.2. The molecule has 13 rings (SSSR count). The minimum absolute atomic E-state index is 0.721. The molecule has 0 aliphatic heterocycles. The Morgan fingerprint density at radius 3 is 1.03 bits per heavy atom. The number of benzene rings is 11. The monoisotopic (exact) mass is 862 g/mol. The number of imidazole rings is 2. The van der Waals surface area contributed by atoms with Gasteiger partial charge in [-0.2, -0.15) is 0 Å². The molecular weight excluding hydrogens is 824 g/mol. The maximum atomic E-state index is 16.7. The lowest BCUT2D eigenvalue weighted by atomic mass is 10.00. The van der Waals surface area contributed by atoms with Crippen molar-refractivity contribution in [3.63, 3.8) is 0 Å². The first-order valence-corrected chi connectivity index (χ1v) is 24.0. The highest BCUT2D eigenvalue weighted by atomic mass is 31.2. The van der Waals surface area contributed by atoms with Crippen LogP contribution in [0.1, 0.15) is 0 Å². The van der Waals surface area contributed by atoms with Crippen molar-refractivity contribution in [1.82, 2.24) is 19.1 Å². The van der Waals surface area contributed by atoms with Crippen LogP contribution in [0.4, 0.5) is 0 Å². The summed E-state index contributed by atoms with van der Waals surface area (Å²) in [5.41, 5.74) is 7.68. The van der Waals surface area contributed by atoms with Gasteiger partial charge >= 0.3 is 0 Å². The van der Waals surface area contributed by atoms with Crippen molar-refractivity contribution in [1.29, 1.82) is 0 Å². The van der Waals surface area contributed by atoms with E-state index in [0.717, 1.165) is 104 Å². The number of fused-ring (bicyclic) bond motifs is 12. The van der Waals surface area contributed by atoms with Gasteiger partial charge in [0.15, 0.2) is 7.14 Å². The Hall–Kier alpha value is -8.37. The Bertz CT molecular complexity index is 3840. The summed E-state index contributed by atoms with van der Waals surface area (Å²) >= 11 is 0. The molecule has 2 heterocycles. The number of aromatic nitrogens is 4. The smallest absolute Gasteiger partial charge is 0.171 e. The van der Waals surface area contributed by atoms with Gasteiger partial charge in [-0.1, -0.05) is 200 Å². The molecule has 11 aromatic carbocycles. The molecule has 0 spiro atoms. The van der Waals surface area contributed by atoms with Crippen LogP contribution in [0, 0.1) is 0 Å². The van der Waals surface area contributed by atoms with Gasteiger partial charge in [0.25, 0.3) is 0 Å². The summed E-state index contributed by atoms with van der Waals surface area (Å²) in [6.45, 7) is 0. The van der Waals surface area contributed by atoms with Crippen molar-refractivity contribution in [3.05, 3.63) is 237 Å². The van der Waals surface area contributed by atoms with Crippen LogP contribution >= 0.6 is 7.14 Å². The lowest BCUT2D eigenvalue weighted by Gasteiger charge is -2.21. The van der Waals surface area contributed by atoms with Crippen molar-refractivity contribution in [2.24, 2.45) is 0 Å². The Labute approximate surface area is 380 Å². The molecular formula is C60H39N4OP. The Morgan fingerprint density at radius 2 is 0.621 bits per heavy atom. The predicted molar refractivity (Wildman–Crippen MR) is 276 cm³/mol. The first-order valence-electron chi connectivity index (χ1n) is 22.3. The molecule has 0 bridgehead atoms. The SMILES string of the molecule is O=P(c1ccccc1)(c1cccc(-c2nc3c4ccccc4c4ccccc4c3n2-c2ccccc2)c1)c1cccc(-c2nc3c4ccccc4c4ccccc4c3n2-c2ccccc2)c1. The highest BCUT2D eigenvalue weighted by Crippen LogP contribution is 2.46. The van der Waals surface area contributed by atoms with Gasteiger partial charge in [-0.3, -0.25) is 9.13 Å². The van der Waals surface area contributed by atoms with Gasteiger partial charge in [0.05, 0.1) is 22.1 Å². The topological polar surface area (TPSA) is 52.7 Å². The van der Waals surface area contributed by atoms with Crippen molar-refractivity contribution >= 4 is 88.2 Å². The second-order valence-corrected chi connectivity index (χ2v) is 19.6. The molecule has 310 valence electrons. The number of hydrogen-bond donors (Lipinski definition) is 0. The van der Waals surface area contributed by atoms with Crippen molar-refractivity contribution in [2.75, 3.05) is 0 Å².